The van der Waals surface area contributed by atoms with Crippen molar-refractivity contribution >= 4 is 5.69 Å². The second-order valence-electron chi connectivity index (χ2n) is 11.5. The van der Waals surface area contributed by atoms with Gasteiger partial charge in [0.25, 0.3) is 0 Å². The predicted octanol–water partition coefficient (Wildman–Crippen LogP) is 9.28. The number of hydrogen-bond acceptors (Lipinski definition) is 3. The fourth-order valence-corrected chi connectivity index (χ4v) is 4.97. The van der Waals surface area contributed by atoms with Gasteiger partial charge in [-0.2, -0.15) is 0 Å². The second-order valence-corrected chi connectivity index (χ2v) is 11.5. The fourth-order valence-electron chi connectivity index (χ4n) is 4.97. The highest BCUT2D eigenvalue weighted by molar-refractivity contribution is 5.85. The normalized spacial score (nSPS) is 11.8. The van der Waals surface area contributed by atoms with Gasteiger partial charge in [-0.15, -0.1) is 0 Å². The minimum atomic E-state index is -0.153. The van der Waals surface area contributed by atoms with Crippen molar-refractivity contribution in [3.63, 3.8) is 0 Å². The van der Waals surface area contributed by atoms with Crippen molar-refractivity contribution in [3.05, 3.63) is 101 Å². The van der Waals surface area contributed by atoms with Crippen LogP contribution in [-0.2, 0) is 12.0 Å². The van der Waals surface area contributed by atoms with Crippen LogP contribution in [0.3, 0.4) is 0 Å². The molecule has 37 heavy (non-hydrogen) atoms. The van der Waals surface area contributed by atoms with E-state index in [4.69, 9.17) is 4.98 Å². The fraction of sp³-hybridized carbons (Fsp3) is 0.324. The van der Waals surface area contributed by atoms with Gasteiger partial charge in [-0.1, -0.05) is 115 Å². The van der Waals surface area contributed by atoms with E-state index in [1.165, 1.54) is 16.8 Å². The van der Waals surface area contributed by atoms with Crippen LogP contribution < -0.4 is 5.32 Å². The van der Waals surface area contributed by atoms with Crippen LogP contribution in [0, 0.1) is 0 Å². The topological polar surface area (TPSA) is 45.1 Å². The molecule has 0 amide bonds. The van der Waals surface area contributed by atoms with Gasteiger partial charge < -0.3 is 10.4 Å². The summed E-state index contributed by atoms with van der Waals surface area (Å²) < 4.78 is 0. The maximum Gasteiger partial charge on any atom is 0.127 e. The molecule has 0 bridgehead atoms. The highest BCUT2D eigenvalue weighted by Crippen LogP contribution is 2.41. The Balaban J connectivity index is 1.70. The number of para-hydroxylation sites is 2. The minimum absolute atomic E-state index is 0.153. The Bertz CT molecular complexity index is 1350. The average Bonchev–Trinajstić information content (AvgIpc) is 2.86. The van der Waals surface area contributed by atoms with Gasteiger partial charge in [0.15, 0.2) is 0 Å². The molecule has 0 spiro atoms. The lowest BCUT2D eigenvalue weighted by Crippen LogP contribution is -2.11. The molecule has 3 aromatic carbocycles. The zero-order valence-electron chi connectivity index (χ0n) is 23.3. The Hall–Kier alpha value is -3.59. The number of rotatable bonds is 7. The van der Waals surface area contributed by atoms with Gasteiger partial charge in [0.2, 0.25) is 0 Å². The van der Waals surface area contributed by atoms with Crippen molar-refractivity contribution in [2.75, 3.05) is 5.32 Å². The van der Waals surface area contributed by atoms with Crippen molar-refractivity contribution < 1.29 is 5.11 Å². The van der Waals surface area contributed by atoms with Gasteiger partial charge in [-0.3, -0.25) is 4.98 Å². The summed E-state index contributed by atoms with van der Waals surface area (Å²) in [6.45, 7) is 16.0. The number of anilines is 1. The molecule has 1 aromatic heterocycles. The molecule has 0 aliphatic heterocycles. The zero-order chi connectivity index (χ0) is 26.7. The molecule has 0 unspecified atom stereocenters. The summed E-state index contributed by atoms with van der Waals surface area (Å²) in [5.74, 6) is 1.21. The van der Waals surface area contributed by atoms with Crippen molar-refractivity contribution in [1.29, 1.82) is 0 Å². The number of aromatic nitrogens is 1. The summed E-state index contributed by atoms with van der Waals surface area (Å²) in [7, 11) is 0. The molecule has 0 saturated carbocycles. The molecule has 1 heterocycles. The minimum Gasteiger partial charge on any atom is -0.507 e. The first-order valence-corrected chi connectivity index (χ1v) is 13.3. The van der Waals surface area contributed by atoms with Crippen molar-refractivity contribution in [3.8, 4) is 28.1 Å². The SMILES string of the molecule is CC(C)c1cccc(C(C)C)c1NCc1cccc(-c2ccccc2-c2cccc(C(C)(C)C)c2O)n1. The lowest BCUT2D eigenvalue weighted by Gasteiger charge is -2.22. The first-order valence-electron chi connectivity index (χ1n) is 13.3. The quantitative estimate of drug-likeness (QED) is 0.270. The second kappa shape index (κ2) is 10.8. The lowest BCUT2D eigenvalue weighted by atomic mass is 9.83. The number of pyridine rings is 1. The summed E-state index contributed by atoms with van der Waals surface area (Å²) in [5.41, 5.74) is 9.39. The van der Waals surface area contributed by atoms with Crippen molar-refractivity contribution in [1.82, 2.24) is 4.98 Å². The van der Waals surface area contributed by atoms with E-state index in [-0.39, 0.29) is 5.41 Å². The number of nitrogens with one attached hydrogen (secondary N) is 1. The van der Waals surface area contributed by atoms with Crippen LogP contribution >= 0.6 is 0 Å². The monoisotopic (exact) mass is 492 g/mol. The molecule has 192 valence electrons. The predicted molar refractivity (Wildman–Crippen MR) is 157 cm³/mol. The van der Waals surface area contributed by atoms with Crippen LogP contribution in [-0.4, -0.2) is 10.1 Å². The van der Waals surface area contributed by atoms with Crippen LogP contribution in [0.4, 0.5) is 5.69 Å². The van der Waals surface area contributed by atoms with Gasteiger partial charge in [0.05, 0.1) is 17.9 Å². The molecule has 0 aliphatic carbocycles. The molecule has 0 fully saturated rings. The van der Waals surface area contributed by atoms with Crippen LogP contribution in [0.5, 0.6) is 5.75 Å². The van der Waals surface area contributed by atoms with E-state index >= 15 is 0 Å². The van der Waals surface area contributed by atoms with Gasteiger partial charge in [-0.25, -0.2) is 0 Å². The number of phenolic OH excluding ortho intramolecular Hbond substituents is 1. The third kappa shape index (κ3) is 5.72. The molecular weight excluding hydrogens is 452 g/mol. The van der Waals surface area contributed by atoms with Crippen LogP contribution in [0.15, 0.2) is 78.9 Å². The highest BCUT2D eigenvalue weighted by Gasteiger charge is 2.22. The van der Waals surface area contributed by atoms with E-state index < -0.39 is 0 Å². The maximum absolute atomic E-state index is 11.2. The smallest absolute Gasteiger partial charge is 0.127 e. The average molecular weight is 493 g/mol. The Morgan fingerprint density at radius 1 is 0.703 bits per heavy atom. The molecule has 4 aromatic rings. The standard InChI is InChI=1S/C34H40N2O/c1-22(2)25-16-11-17-26(23(3)4)32(25)35-21-24-13-10-20-31(36-24)28-15-9-8-14-27(28)29-18-12-19-30(33(29)37)34(5,6)7/h8-20,22-23,35,37H,21H2,1-7H3. The summed E-state index contributed by atoms with van der Waals surface area (Å²) in [6.07, 6.45) is 0. The third-order valence-corrected chi connectivity index (χ3v) is 6.96. The number of aromatic hydroxyl groups is 1. The Morgan fingerprint density at radius 2 is 1.27 bits per heavy atom. The molecule has 0 aliphatic rings. The number of nitrogens with zero attached hydrogens (tertiary/aromatic N) is 1. The van der Waals surface area contributed by atoms with Crippen LogP contribution in [0.1, 0.15) is 82.7 Å². The van der Waals surface area contributed by atoms with E-state index in [1.807, 2.05) is 30.3 Å². The highest BCUT2D eigenvalue weighted by atomic mass is 16.3. The molecule has 2 N–H and O–H groups in total. The molecule has 0 saturated heterocycles. The number of hydrogen-bond donors (Lipinski definition) is 2. The zero-order valence-corrected chi connectivity index (χ0v) is 23.3. The summed E-state index contributed by atoms with van der Waals surface area (Å²) in [6, 6.07) is 27.0. The Labute approximate surface area is 222 Å². The third-order valence-electron chi connectivity index (χ3n) is 6.96. The van der Waals surface area contributed by atoms with Gasteiger partial charge in [0, 0.05) is 16.8 Å². The lowest BCUT2D eigenvalue weighted by molar-refractivity contribution is 0.448. The number of phenols is 1. The van der Waals surface area contributed by atoms with E-state index in [0.717, 1.165) is 33.6 Å². The Kier molecular flexibility index (Phi) is 7.73. The summed E-state index contributed by atoms with van der Waals surface area (Å²) >= 11 is 0. The largest absolute Gasteiger partial charge is 0.507 e. The van der Waals surface area contributed by atoms with Crippen LogP contribution in [0.25, 0.3) is 22.4 Å². The molecule has 0 radical (unpaired) electrons. The van der Waals surface area contributed by atoms with Gasteiger partial charge in [-0.05, 0) is 51.6 Å². The summed E-state index contributed by atoms with van der Waals surface area (Å²) in [4.78, 5) is 5.05. The van der Waals surface area contributed by atoms with Gasteiger partial charge in [0.1, 0.15) is 5.75 Å². The van der Waals surface area contributed by atoms with Crippen molar-refractivity contribution in [2.45, 2.75) is 72.3 Å². The van der Waals surface area contributed by atoms with E-state index in [0.29, 0.717) is 24.1 Å². The molecule has 4 rings (SSSR count). The van der Waals surface area contributed by atoms with Crippen LogP contribution in [0.2, 0.25) is 0 Å². The maximum atomic E-state index is 11.2. The molecule has 3 nitrogen and oxygen atoms in total. The number of benzene rings is 3. The van der Waals surface area contributed by atoms with E-state index in [2.05, 4.69) is 102 Å². The van der Waals surface area contributed by atoms with E-state index in [1.54, 1.807) is 0 Å². The Morgan fingerprint density at radius 3 is 1.89 bits per heavy atom. The van der Waals surface area contributed by atoms with E-state index in [9.17, 15) is 5.11 Å². The van der Waals surface area contributed by atoms with Gasteiger partial charge >= 0.3 is 0 Å². The first-order chi connectivity index (χ1) is 17.6. The van der Waals surface area contributed by atoms with Crippen molar-refractivity contribution in [2.24, 2.45) is 0 Å². The molecule has 3 heteroatoms. The summed E-state index contributed by atoms with van der Waals surface area (Å²) in [5, 5.41) is 14.9. The molecule has 0 atom stereocenters. The molecular formula is C34H40N2O. The first kappa shape index (κ1) is 26.5.